The molecule has 1 N–H and O–H groups in total. The monoisotopic (exact) mass is 253 g/mol. The molecule has 1 amide bonds. The number of amides is 1. The zero-order valence-electron chi connectivity index (χ0n) is 9.97. The van der Waals surface area contributed by atoms with E-state index in [0.29, 0.717) is 19.5 Å². The number of hydrogen-bond acceptors (Lipinski definition) is 3. The van der Waals surface area contributed by atoms with Crippen LogP contribution in [0.1, 0.15) is 17.7 Å². The lowest BCUT2D eigenvalue weighted by Crippen LogP contribution is -2.33. The van der Waals surface area contributed by atoms with Crippen molar-refractivity contribution in [3.63, 3.8) is 0 Å². The average Bonchev–Trinajstić information content (AvgIpc) is 2.81. The van der Waals surface area contributed by atoms with Gasteiger partial charge in [0.2, 0.25) is 5.91 Å². The Labute approximate surface area is 106 Å². The molecule has 1 rings (SSSR count). The van der Waals surface area contributed by atoms with Gasteiger partial charge in [-0.1, -0.05) is 12.1 Å². The standard InChI is InChI=1S/C13H19NO2S/c1-2-8-14(9-10-15)13(16)7-3-5-12-6-4-11-17-12/h2,4,6,11,15H,1,3,5,7-10H2. The molecule has 0 spiro atoms. The molecular weight excluding hydrogens is 234 g/mol. The van der Waals surface area contributed by atoms with Gasteiger partial charge in [0.05, 0.1) is 6.61 Å². The van der Waals surface area contributed by atoms with Crippen molar-refractivity contribution in [3.05, 3.63) is 35.0 Å². The highest BCUT2D eigenvalue weighted by molar-refractivity contribution is 7.09. The van der Waals surface area contributed by atoms with Crippen molar-refractivity contribution in [2.45, 2.75) is 19.3 Å². The molecule has 17 heavy (non-hydrogen) atoms. The second-order valence-corrected chi connectivity index (χ2v) is 4.82. The first-order chi connectivity index (χ1) is 8.27. The highest BCUT2D eigenvalue weighted by atomic mass is 32.1. The number of nitrogens with zero attached hydrogens (tertiary/aromatic N) is 1. The summed E-state index contributed by atoms with van der Waals surface area (Å²) in [7, 11) is 0. The Kier molecular flexibility index (Phi) is 6.58. The van der Waals surface area contributed by atoms with E-state index in [2.05, 4.69) is 12.6 Å². The minimum absolute atomic E-state index is 0.00447. The lowest BCUT2D eigenvalue weighted by atomic mass is 10.2. The molecule has 0 aliphatic carbocycles. The lowest BCUT2D eigenvalue weighted by molar-refractivity contribution is -0.131. The van der Waals surface area contributed by atoms with Crippen molar-refractivity contribution < 1.29 is 9.90 Å². The van der Waals surface area contributed by atoms with E-state index >= 15 is 0 Å². The molecule has 0 radical (unpaired) electrons. The zero-order chi connectivity index (χ0) is 12.5. The summed E-state index contributed by atoms with van der Waals surface area (Å²) in [5, 5.41) is 10.9. The van der Waals surface area contributed by atoms with Crippen molar-refractivity contribution in [1.29, 1.82) is 0 Å². The van der Waals surface area contributed by atoms with Gasteiger partial charge in [0.15, 0.2) is 0 Å². The van der Waals surface area contributed by atoms with Gasteiger partial charge in [0.25, 0.3) is 0 Å². The van der Waals surface area contributed by atoms with Crippen LogP contribution < -0.4 is 0 Å². The van der Waals surface area contributed by atoms with Crippen LogP contribution in [0.25, 0.3) is 0 Å². The Morgan fingerprint density at radius 1 is 1.59 bits per heavy atom. The number of carbonyl (C=O) groups excluding carboxylic acids is 1. The maximum absolute atomic E-state index is 11.8. The molecule has 1 heterocycles. The fourth-order valence-corrected chi connectivity index (χ4v) is 2.37. The zero-order valence-corrected chi connectivity index (χ0v) is 10.8. The third kappa shape index (κ3) is 5.15. The van der Waals surface area contributed by atoms with E-state index in [1.165, 1.54) is 4.88 Å². The molecule has 4 heteroatoms. The molecule has 0 aromatic carbocycles. The van der Waals surface area contributed by atoms with Gasteiger partial charge < -0.3 is 10.0 Å². The van der Waals surface area contributed by atoms with Crippen molar-refractivity contribution in [1.82, 2.24) is 4.90 Å². The lowest BCUT2D eigenvalue weighted by Gasteiger charge is -2.19. The van der Waals surface area contributed by atoms with E-state index < -0.39 is 0 Å². The van der Waals surface area contributed by atoms with Crippen molar-refractivity contribution in [3.8, 4) is 0 Å². The quantitative estimate of drug-likeness (QED) is 0.721. The smallest absolute Gasteiger partial charge is 0.222 e. The molecule has 0 aliphatic heterocycles. The molecule has 94 valence electrons. The van der Waals surface area contributed by atoms with Crippen LogP contribution in [0, 0.1) is 0 Å². The van der Waals surface area contributed by atoms with Gasteiger partial charge in [-0.25, -0.2) is 0 Å². The molecule has 0 fully saturated rings. The summed E-state index contributed by atoms with van der Waals surface area (Å²) in [4.78, 5) is 14.8. The minimum Gasteiger partial charge on any atom is -0.395 e. The molecule has 0 unspecified atom stereocenters. The van der Waals surface area contributed by atoms with Crippen LogP contribution in [0.3, 0.4) is 0 Å². The summed E-state index contributed by atoms with van der Waals surface area (Å²) in [6.45, 7) is 4.52. The van der Waals surface area contributed by atoms with Gasteiger partial charge in [-0.3, -0.25) is 4.79 Å². The topological polar surface area (TPSA) is 40.5 Å². The summed E-state index contributed by atoms with van der Waals surface area (Å²) in [6.07, 6.45) is 4.03. The fourth-order valence-electron chi connectivity index (χ4n) is 1.62. The van der Waals surface area contributed by atoms with E-state index in [0.717, 1.165) is 12.8 Å². The molecule has 0 saturated carbocycles. The maximum atomic E-state index is 11.8. The minimum atomic E-state index is 0.00447. The molecule has 1 aromatic rings. The number of carbonyl (C=O) groups is 1. The van der Waals surface area contributed by atoms with Crippen molar-refractivity contribution in [2.24, 2.45) is 0 Å². The molecular formula is C13H19NO2S. The third-order valence-corrected chi connectivity index (χ3v) is 3.40. The molecule has 0 atom stereocenters. The Bertz CT molecular complexity index is 335. The number of rotatable bonds is 8. The summed E-state index contributed by atoms with van der Waals surface area (Å²) in [6, 6.07) is 4.11. The van der Waals surface area contributed by atoms with E-state index in [-0.39, 0.29) is 12.5 Å². The van der Waals surface area contributed by atoms with Gasteiger partial charge in [-0.15, -0.1) is 17.9 Å². The Morgan fingerprint density at radius 2 is 2.41 bits per heavy atom. The van der Waals surface area contributed by atoms with E-state index in [4.69, 9.17) is 5.11 Å². The summed E-state index contributed by atoms with van der Waals surface area (Å²) in [5.74, 6) is 0.0931. The van der Waals surface area contributed by atoms with Gasteiger partial charge in [-0.2, -0.15) is 0 Å². The highest BCUT2D eigenvalue weighted by Crippen LogP contribution is 2.12. The van der Waals surface area contributed by atoms with Gasteiger partial charge in [0.1, 0.15) is 0 Å². The van der Waals surface area contributed by atoms with Crippen LogP contribution in [-0.4, -0.2) is 35.6 Å². The normalized spacial score (nSPS) is 10.2. The number of hydrogen-bond donors (Lipinski definition) is 1. The second-order valence-electron chi connectivity index (χ2n) is 3.78. The predicted molar refractivity (Wildman–Crippen MR) is 71.1 cm³/mol. The highest BCUT2D eigenvalue weighted by Gasteiger charge is 2.10. The Morgan fingerprint density at radius 3 is 3.00 bits per heavy atom. The largest absolute Gasteiger partial charge is 0.395 e. The SMILES string of the molecule is C=CCN(CCO)C(=O)CCCc1cccs1. The molecule has 0 aliphatic rings. The van der Waals surface area contributed by atoms with Gasteiger partial charge in [0, 0.05) is 24.4 Å². The van der Waals surface area contributed by atoms with Crippen molar-refractivity contribution in [2.75, 3.05) is 19.7 Å². The molecule has 3 nitrogen and oxygen atoms in total. The summed E-state index contributed by atoms with van der Waals surface area (Å²) >= 11 is 1.72. The average molecular weight is 253 g/mol. The van der Waals surface area contributed by atoms with Crippen LogP contribution in [0.4, 0.5) is 0 Å². The van der Waals surface area contributed by atoms with E-state index in [9.17, 15) is 4.79 Å². The summed E-state index contributed by atoms with van der Waals surface area (Å²) in [5.41, 5.74) is 0. The Hall–Kier alpha value is -1.13. The Balaban J connectivity index is 2.28. The third-order valence-electron chi connectivity index (χ3n) is 2.47. The van der Waals surface area contributed by atoms with Gasteiger partial charge in [-0.05, 0) is 24.3 Å². The van der Waals surface area contributed by atoms with Gasteiger partial charge >= 0.3 is 0 Å². The fraction of sp³-hybridized carbons (Fsp3) is 0.462. The first-order valence-corrected chi connectivity index (χ1v) is 6.67. The van der Waals surface area contributed by atoms with Crippen LogP contribution in [-0.2, 0) is 11.2 Å². The number of thiophene rings is 1. The molecule has 0 bridgehead atoms. The predicted octanol–water partition coefficient (Wildman–Crippen LogP) is 2.08. The van der Waals surface area contributed by atoms with E-state index in [1.54, 1.807) is 22.3 Å². The first kappa shape index (κ1) is 13.9. The van der Waals surface area contributed by atoms with Crippen LogP contribution >= 0.6 is 11.3 Å². The first-order valence-electron chi connectivity index (χ1n) is 5.80. The number of aliphatic hydroxyl groups excluding tert-OH is 1. The molecule has 0 saturated heterocycles. The maximum Gasteiger partial charge on any atom is 0.222 e. The molecule has 1 aromatic heterocycles. The number of aryl methyl sites for hydroxylation is 1. The van der Waals surface area contributed by atoms with Crippen LogP contribution in [0.15, 0.2) is 30.2 Å². The second kappa shape index (κ2) is 8.03. The summed E-state index contributed by atoms with van der Waals surface area (Å²) < 4.78 is 0. The van der Waals surface area contributed by atoms with E-state index in [1.807, 2.05) is 11.4 Å². The number of aliphatic hydroxyl groups is 1. The van der Waals surface area contributed by atoms with Crippen LogP contribution in [0.5, 0.6) is 0 Å². The van der Waals surface area contributed by atoms with Crippen molar-refractivity contribution >= 4 is 17.2 Å². The van der Waals surface area contributed by atoms with Crippen LogP contribution in [0.2, 0.25) is 0 Å².